The van der Waals surface area contributed by atoms with Gasteiger partial charge in [0.15, 0.2) is 0 Å². The van der Waals surface area contributed by atoms with E-state index in [1.165, 1.54) is 5.52 Å². The molecule has 2 N–H and O–H groups in total. The fraction of sp³-hybridized carbons (Fsp3) is 0.200. The molecular formula is C10H12N2. The molecule has 2 heteroatoms. The molecule has 0 aliphatic carbocycles. The molecule has 1 aromatic heterocycles. The quantitative estimate of drug-likeness (QED) is 0.637. The number of nitrogen functional groups attached to an aromatic ring is 1. The Morgan fingerprint density at radius 2 is 2.17 bits per heavy atom. The second-order valence-corrected chi connectivity index (χ2v) is 2.88. The number of anilines is 1. The molecule has 12 heavy (non-hydrogen) atoms. The van der Waals surface area contributed by atoms with Crippen molar-refractivity contribution >= 4 is 16.6 Å². The van der Waals surface area contributed by atoms with Gasteiger partial charge in [0.05, 0.1) is 5.52 Å². The van der Waals surface area contributed by atoms with Crippen molar-refractivity contribution in [2.75, 3.05) is 5.73 Å². The lowest BCUT2D eigenvalue weighted by atomic mass is 10.2. The van der Waals surface area contributed by atoms with Crippen molar-refractivity contribution < 1.29 is 0 Å². The second-order valence-electron chi connectivity index (χ2n) is 2.88. The van der Waals surface area contributed by atoms with E-state index in [1.807, 2.05) is 12.1 Å². The van der Waals surface area contributed by atoms with Crippen molar-refractivity contribution in [3.63, 3.8) is 0 Å². The van der Waals surface area contributed by atoms with E-state index in [2.05, 4.69) is 29.8 Å². The van der Waals surface area contributed by atoms with E-state index in [0.717, 1.165) is 17.6 Å². The van der Waals surface area contributed by atoms with E-state index in [4.69, 9.17) is 5.73 Å². The largest absolute Gasteiger partial charge is 0.398 e. The second kappa shape index (κ2) is 2.55. The first-order valence-electron chi connectivity index (χ1n) is 4.16. The minimum absolute atomic E-state index is 0.861. The van der Waals surface area contributed by atoms with Crippen LogP contribution in [0.3, 0.4) is 0 Å². The smallest absolute Gasteiger partial charge is 0.0501 e. The summed E-state index contributed by atoms with van der Waals surface area (Å²) >= 11 is 0. The molecule has 0 radical (unpaired) electrons. The van der Waals surface area contributed by atoms with Gasteiger partial charge in [-0.25, -0.2) is 0 Å². The Labute approximate surface area is 71.6 Å². The summed E-state index contributed by atoms with van der Waals surface area (Å²) in [6, 6.07) is 8.08. The number of hydrogen-bond acceptors (Lipinski definition) is 1. The SMILES string of the molecule is CCn1ccc2c(N)cccc21. The van der Waals surface area contributed by atoms with Crippen LogP contribution in [0.1, 0.15) is 6.92 Å². The third kappa shape index (κ3) is 0.881. The molecule has 0 amide bonds. The van der Waals surface area contributed by atoms with Crippen LogP contribution in [0.5, 0.6) is 0 Å². The lowest BCUT2D eigenvalue weighted by molar-refractivity contribution is 0.798. The van der Waals surface area contributed by atoms with Crippen molar-refractivity contribution in [2.45, 2.75) is 13.5 Å². The number of rotatable bonds is 1. The molecule has 0 aliphatic rings. The van der Waals surface area contributed by atoms with E-state index < -0.39 is 0 Å². The minimum Gasteiger partial charge on any atom is -0.398 e. The first-order chi connectivity index (χ1) is 5.83. The maximum atomic E-state index is 5.81. The van der Waals surface area contributed by atoms with Crippen molar-refractivity contribution in [1.29, 1.82) is 0 Å². The molecule has 0 fully saturated rings. The van der Waals surface area contributed by atoms with E-state index in [9.17, 15) is 0 Å². The topological polar surface area (TPSA) is 30.9 Å². The molecule has 0 bridgehead atoms. The monoisotopic (exact) mass is 160 g/mol. The fourth-order valence-electron chi connectivity index (χ4n) is 1.52. The molecule has 0 saturated carbocycles. The number of fused-ring (bicyclic) bond motifs is 1. The van der Waals surface area contributed by atoms with Crippen LogP contribution in [0, 0.1) is 0 Å². The van der Waals surface area contributed by atoms with Gasteiger partial charge in [0.2, 0.25) is 0 Å². The number of benzene rings is 1. The maximum Gasteiger partial charge on any atom is 0.0501 e. The van der Waals surface area contributed by atoms with Crippen LogP contribution in [0.2, 0.25) is 0 Å². The molecule has 0 aliphatic heterocycles. The van der Waals surface area contributed by atoms with Crippen LogP contribution in [0.15, 0.2) is 30.5 Å². The molecular weight excluding hydrogens is 148 g/mol. The summed E-state index contributed by atoms with van der Waals surface area (Å²) < 4.78 is 2.19. The molecule has 0 spiro atoms. The van der Waals surface area contributed by atoms with Gasteiger partial charge in [0.25, 0.3) is 0 Å². The Hall–Kier alpha value is -1.44. The number of nitrogens with two attached hydrogens (primary N) is 1. The molecule has 2 nitrogen and oxygen atoms in total. The Kier molecular flexibility index (Phi) is 1.54. The van der Waals surface area contributed by atoms with E-state index in [1.54, 1.807) is 0 Å². The summed E-state index contributed by atoms with van der Waals surface area (Å²) in [6.07, 6.45) is 2.07. The van der Waals surface area contributed by atoms with Crippen molar-refractivity contribution in [1.82, 2.24) is 4.57 Å². The summed E-state index contributed by atoms with van der Waals surface area (Å²) in [7, 11) is 0. The molecule has 62 valence electrons. The zero-order valence-electron chi connectivity index (χ0n) is 7.12. The maximum absolute atomic E-state index is 5.81. The Bertz CT molecular complexity index is 401. The summed E-state index contributed by atoms with van der Waals surface area (Å²) in [6.45, 7) is 3.12. The minimum atomic E-state index is 0.861. The third-order valence-corrected chi connectivity index (χ3v) is 2.19. The molecule has 0 unspecified atom stereocenters. The highest BCUT2D eigenvalue weighted by Gasteiger charge is 2.00. The molecule has 1 aromatic carbocycles. The number of aryl methyl sites for hydroxylation is 1. The Morgan fingerprint density at radius 1 is 1.33 bits per heavy atom. The first kappa shape index (κ1) is 7.22. The summed E-state index contributed by atoms with van der Waals surface area (Å²) in [5, 5.41) is 1.15. The Balaban J connectivity index is 2.80. The summed E-state index contributed by atoms with van der Waals surface area (Å²) in [4.78, 5) is 0. The molecule has 2 aromatic rings. The summed E-state index contributed by atoms with van der Waals surface area (Å²) in [5.41, 5.74) is 7.89. The number of aromatic nitrogens is 1. The van der Waals surface area contributed by atoms with Gasteiger partial charge in [-0.05, 0) is 25.1 Å². The van der Waals surface area contributed by atoms with Crippen molar-refractivity contribution in [3.8, 4) is 0 Å². The van der Waals surface area contributed by atoms with Gasteiger partial charge in [-0.1, -0.05) is 6.07 Å². The molecule has 1 heterocycles. The van der Waals surface area contributed by atoms with Gasteiger partial charge >= 0.3 is 0 Å². The highest BCUT2D eigenvalue weighted by molar-refractivity contribution is 5.91. The predicted octanol–water partition coefficient (Wildman–Crippen LogP) is 2.24. The lowest BCUT2D eigenvalue weighted by Gasteiger charge is -2.00. The van der Waals surface area contributed by atoms with Crippen molar-refractivity contribution in [3.05, 3.63) is 30.5 Å². The van der Waals surface area contributed by atoms with Crippen molar-refractivity contribution in [2.24, 2.45) is 0 Å². The number of hydrogen-bond donors (Lipinski definition) is 1. The van der Waals surface area contributed by atoms with Crippen LogP contribution >= 0.6 is 0 Å². The standard InChI is InChI=1S/C10H12N2/c1-2-12-7-6-8-9(11)4-3-5-10(8)12/h3-7H,2,11H2,1H3. The van der Waals surface area contributed by atoms with Crippen LogP contribution < -0.4 is 5.73 Å². The fourth-order valence-corrected chi connectivity index (χ4v) is 1.52. The van der Waals surface area contributed by atoms with Gasteiger partial charge in [-0.2, -0.15) is 0 Å². The van der Waals surface area contributed by atoms with Gasteiger partial charge in [-0.3, -0.25) is 0 Å². The lowest BCUT2D eigenvalue weighted by Crippen LogP contribution is -1.91. The molecule has 2 rings (SSSR count). The van der Waals surface area contributed by atoms with Crippen LogP contribution in [-0.2, 0) is 6.54 Å². The van der Waals surface area contributed by atoms with Gasteiger partial charge in [0.1, 0.15) is 0 Å². The summed E-state index contributed by atoms with van der Waals surface area (Å²) in [5.74, 6) is 0. The third-order valence-electron chi connectivity index (χ3n) is 2.19. The van der Waals surface area contributed by atoms with Crippen LogP contribution in [0.25, 0.3) is 10.9 Å². The zero-order chi connectivity index (χ0) is 8.55. The molecule has 0 atom stereocenters. The van der Waals surface area contributed by atoms with E-state index in [0.29, 0.717) is 0 Å². The highest BCUT2D eigenvalue weighted by atomic mass is 14.9. The van der Waals surface area contributed by atoms with E-state index in [-0.39, 0.29) is 0 Å². The Morgan fingerprint density at radius 3 is 2.92 bits per heavy atom. The van der Waals surface area contributed by atoms with E-state index >= 15 is 0 Å². The average molecular weight is 160 g/mol. The first-order valence-corrected chi connectivity index (χ1v) is 4.16. The normalized spacial score (nSPS) is 10.8. The highest BCUT2D eigenvalue weighted by Crippen LogP contribution is 2.21. The average Bonchev–Trinajstić information content (AvgIpc) is 2.49. The molecule has 0 saturated heterocycles. The zero-order valence-corrected chi connectivity index (χ0v) is 7.12. The van der Waals surface area contributed by atoms with Gasteiger partial charge < -0.3 is 10.3 Å². The number of nitrogens with zero attached hydrogens (tertiary/aromatic N) is 1. The van der Waals surface area contributed by atoms with Crippen LogP contribution in [0.4, 0.5) is 5.69 Å². The van der Waals surface area contributed by atoms with Gasteiger partial charge in [-0.15, -0.1) is 0 Å². The van der Waals surface area contributed by atoms with Crippen LogP contribution in [-0.4, -0.2) is 4.57 Å². The predicted molar refractivity (Wildman–Crippen MR) is 52.0 cm³/mol. The van der Waals surface area contributed by atoms with Gasteiger partial charge in [0, 0.05) is 23.8 Å².